The van der Waals surface area contributed by atoms with E-state index in [0.29, 0.717) is 46.2 Å². The predicted octanol–water partition coefficient (Wildman–Crippen LogP) is 13.8. The summed E-state index contributed by atoms with van der Waals surface area (Å²) in [6.07, 6.45) is 6.20. The number of benzene rings is 1. The highest BCUT2D eigenvalue weighted by molar-refractivity contribution is 14.0. The van der Waals surface area contributed by atoms with Gasteiger partial charge >= 0.3 is 29.2 Å². The normalized spacial score (nSPS) is 33.4. The molecule has 0 bridgehead atoms. The highest BCUT2D eigenvalue weighted by Crippen LogP contribution is 2.70. The monoisotopic (exact) mass is 1400 g/mol. The second-order valence-corrected chi connectivity index (χ2v) is 35.0. The molecule has 0 saturated heterocycles. The Labute approximate surface area is 558 Å². The number of carbonyl (C=O) groups is 3. The van der Waals surface area contributed by atoms with Gasteiger partial charge in [0.1, 0.15) is 57.2 Å². The quantitative estimate of drug-likeness (QED) is 0.0429. The second kappa shape index (κ2) is 26.0. The Balaban J connectivity index is 0.000000234. The van der Waals surface area contributed by atoms with Crippen LogP contribution in [0.3, 0.4) is 0 Å². The van der Waals surface area contributed by atoms with E-state index in [0.717, 1.165) is 31.4 Å². The van der Waals surface area contributed by atoms with Crippen molar-refractivity contribution >= 4 is 50.2 Å². The molecule has 6 aliphatic rings. The number of aliphatic hydroxyl groups is 3. The number of esters is 3. The van der Waals surface area contributed by atoms with E-state index in [1.54, 1.807) is 73.3 Å². The number of halogens is 1. The van der Waals surface area contributed by atoms with Crippen LogP contribution in [0.15, 0.2) is 104 Å². The number of aromatic nitrogens is 2. The largest absolute Gasteiger partial charge is 0.543 e. The number of rotatable bonds is 13. The van der Waals surface area contributed by atoms with Gasteiger partial charge in [-0.25, -0.2) is 14.4 Å². The Morgan fingerprint density at radius 2 is 1.05 bits per heavy atom. The Morgan fingerprint density at radius 3 is 1.47 bits per heavy atom. The minimum atomic E-state index is -2.22. The first kappa shape index (κ1) is 70.4. The van der Waals surface area contributed by atoms with Crippen LogP contribution < -0.4 is 25.2 Å². The predicted molar refractivity (Wildman–Crippen MR) is 359 cm³/mol. The number of hydrogen-bond donors (Lipinski definition) is 3. The fourth-order valence-corrected chi connectivity index (χ4v) is 23.9. The smallest absolute Gasteiger partial charge is 0.345 e. The molecule has 18 nitrogen and oxygen atoms in total. The molecule has 4 saturated carbocycles. The van der Waals surface area contributed by atoms with Crippen LogP contribution in [-0.4, -0.2) is 88.1 Å². The summed E-state index contributed by atoms with van der Waals surface area (Å²) < 4.78 is 49.4. The molecule has 20 heteroatoms. The molecule has 5 aromatic rings. The lowest BCUT2D eigenvalue weighted by molar-refractivity contribution is -0.257. The molecule has 3 N–H and O–H groups in total. The van der Waals surface area contributed by atoms with Crippen molar-refractivity contribution in [3.8, 4) is 39.9 Å². The van der Waals surface area contributed by atoms with Gasteiger partial charge in [-0.3, -0.25) is 19.6 Å². The van der Waals surface area contributed by atoms with Gasteiger partial charge in [0, 0.05) is 84.6 Å². The molecule has 500 valence electrons. The molecule has 0 spiro atoms. The number of nitrogens with zero attached hydrogens (tertiary/aromatic N) is 2. The summed E-state index contributed by atoms with van der Waals surface area (Å²) >= 11 is 0. The van der Waals surface area contributed by atoms with Crippen LogP contribution in [0.1, 0.15) is 183 Å². The van der Waals surface area contributed by atoms with Gasteiger partial charge in [0.15, 0.2) is 0 Å². The Kier molecular flexibility index (Phi) is 19.9. The van der Waals surface area contributed by atoms with Crippen LogP contribution in [0.25, 0.3) is 22.6 Å². The zero-order valence-electron chi connectivity index (χ0n) is 56.2. The summed E-state index contributed by atoms with van der Waals surface area (Å²) in [5.74, 6) is -0.662. The topological polar surface area (TPSA) is 253 Å². The SMILES string of the molecule is CC(=O)OC[C@@]1(C)C2C[C@H](O)[C@@]3(C)Oc4cc(-c5cccnc5)oc(=O)c4[C@H](O)C3[C@@]2(C)CC[C@@H]1C.CC(=O)OC[C@@]1(C)C2C[C@H](OC(=O)c3ccc(O[Si](C(C)C)(C(C)C)C(C)C)cc3)[C@@]3(C)Oc4cc(-c5cccnc5)oc(=O)c4[C@H](O)C3[C@@]2(C)CC[C@@H]1C.I. The lowest BCUT2D eigenvalue weighted by Gasteiger charge is -2.66. The molecule has 0 radical (unpaired) electrons. The first-order valence-corrected chi connectivity index (χ1v) is 34.7. The third-order valence-electron chi connectivity index (χ3n) is 23.7. The molecule has 4 fully saturated rings. The summed E-state index contributed by atoms with van der Waals surface area (Å²) in [4.78, 5) is 73.3. The zero-order chi connectivity index (χ0) is 66.3. The minimum Gasteiger partial charge on any atom is -0.543 e. The van der Waals surface area contributed by atoms with E-state index >= 15 is 0 Å². The molecule has 0 amide bonds. The van der Waals surface area contributed by atoms with Crippen LogP contribution in [0.2, 0.25) is 16.6 Å². The number of hydrogen-bond acceptors (Lipinski definition) is 18. The molecule has 16 atom stereocenters. The molecule has 4 aliphatic carbocycles. The lowest BCUT2D eigenvalue weighted by Crippen LogP contribution is -2.70. The van der Waals surface area contributed by atoms with Crippen LogP contribution in [0.4, 0.5) is 0 Å². The van der Waals surface area contributed by atoms with E-state index in [-0.39, 0.29) is 107 Å². The zero-order valence-corrected chi connectivity index (χ0v) is 59.5. The van der Waals surface area contributed by atoms with E-state index in [9.17, 15) is 39.3 Å². The number of pyridine rings is 2. The number of fused-ring (bicyclic) bond motifs is 8. The van der Waals surface area contributed by atoms with Crippen LogP contribution in [0.5, 0.6) is 17.2 Å². The molecular formula is C72H95IN2O16Si. The first-order valence-electron chi connectivity index (χ1n) is 32.6. The summed E-state index contributed by atoms with van der Waals surface area (Å²) in [6, 6.07) is 17.4. The fourth-order valence-electron chi connectivity index (χ4n) is 18.7. The van der Waals surface area contributed by atoms with Crippen molar-refractivity contribution in [3.05, 3.63) is 123 Å². The summed E-state index contributed by atoms with van der Waals surface area (Å²) in [6.45, 7) is 33.1. The fraction of sp³-hybridized carbons (Fsp3) is 0.597. The summed E-state index contributed by atoms with van der Waals surface area (Å²) in [5.41, 5.74) is -2.91. The van der Waals surface area contributed by atoms with Crippen molar-refractivity contribution in [2.24, 2.45) is 57.2 Å². The van der Waals surface area contributed by atoms with Gasteiger partial charge in [0.05, 0.1) is 37.1 Å². The maximum absolute atomic E-state index is 14.2. The van der Waals surface area contributed by atoms with Gasteiger partial charge in [0.2, 0.25) is 0 Å². The molecule has 4 unspecified atom stereocenters. The molecule has 2 aliphatic heterocycles. The van der Waals surface area contributed by atoms with Crippen molar-refractivity contribution < 1.29 is 66.6 Å². The van der Waals surface area contributed by atoms with E-state index in [2.05, 4.69) is 93.1 Å². The van der Waals surface area contributed by atoms with E-state index in [4.69, 9.17) is 36.9 Å². The molecule has 92 heavy (non-hydrogen) atoms. The van der Waals surface area contributed by atoms with Gasteiger partial charge in [-0.15, -0.1) is 24.0 Å². The molecular weight excluding hydrogens is 1300 g/mol. The van der Waals surface area contributed by atoms with E-state index in [1.165, 1.54) is 13.8 Å². The van der Waals surface area contributed by atoms with Gasteiger partial charge in [0.25, 0.3) is 8.32 Å². The Bertz CT molecular complexity index is 3620. The van der Waals surface area contributed by atoms with Crippen molar-refractivity contribution in [3.63, 3.8) is 0 Å². The van der Waals surface area contributed by atoms with Crippen LogP contribution in [-0.2, 0) is 23.8 Å². The highest BCUT2D eigenvalue weighted by atomic mass is 127. The van der Waals surface area contributed by atoms with E-state index in [1.807, 2.05) is 26.0 Å². The van der Waals surface area contributed by atoms with Crippen LogP contribution in [0, 0.1) is 57.2 Å². The first-order chi connectivity index (χ1) is 42.7. The molecule has 6 heterocycles. The second-order valence-electron chi connectivity index (χ2n) is 29.6. The molecule has 4 aromatic heterocycles. The maximum Gasteiger partial charge on any atom is 0.345 e. The highest BCUT2D eigenvalue weighted by Gasteiger charge is 2.71. The maximum atomic E-state index is 14.2. The average molecular weight is 1400 g/mol. The van der Waals surface area contributed by atoms with Crippen LogP contribution >= 0.6 is 24.0 Å². The lowest BCUT2D eigenvalue weighted by atomic mass is 9.41. The van der Waals surface area contributed by atoms with E-state index < -0.39 is 94.7 Å². The number of aliphatic hydroxyl groups excluding tert-OH is 3. The standard InChI is InChI=1S/C44H59NO9Si.C28H35NO7.HI/c1-25(2)55(26(3)4,27(5)6)54-32-16-14-30(15-17-32)40(48)52-36-22-35-42(9,19-18-28(7)43(35,10)24-50-29(8)46)39-38(47)37-34(53-44(36,39)11)21-33(51-41(37)49)31-13-12-20-45-23-31;1-15-8-9-26(3)20(27(15,4)14-34-16(2)30)12-21(31)28(5)24(26)23(32)22-19(36-28)11-18(35-25(22)33)17-7-6-10-29-13-17;/h12-17,20-21,23,25-28,35-36,38-39,47H,18-19,22,24H2,1-11H3;6-7,10-11,13,15,20-21,23-24,31-32H,8-9,12,14H2,1-5H3;1H/t28-,35?,36-,38-,39?,42-,43+,44+;15-,20?,21-,23-,24?,26-,27+,28+;/m00./s1. The van der Waals surface area contributed by atoms with Crippen molar-refractivity contribution in [2.75, 3.05) is 13.2 Å². The summed E-state index contributed by atoms with van der Waals surface area (Å²) in [5, 5.41) is 35.8. The Morgan fingerprint density at radius 1 is 0.630 bits per heavy atom. The minimum absolute atomic E-state index is 0. The molecule has 11 rings (SSSR count). The van der Waals surface area contributed by atoms with Gasteiger partial charge in [-0.1, -0.05) is 83.1 Å². The van der Waals surface area contributed by atoms with Gasteiger partial charge < -0.3 is 52.3 Å². The Hall–Kier alpha value is -5.94. The number of ether oxygens (including phenoxy) is 5. The number of carbonyl (C=O) groups excluding carboxylic acids is 3. The summed E-state index contributed by atoms with van der Waals surface area (Å²) in [7, 11) is -2.22. The molecule has 1 aromatic carbocycles. The van der Waals surface area contributed by atoms with Crippen molar-refractivity contribution in [1.82, 2.24) is 9.97 Å². The van der Waals surface area contributed by atoms with Crippen molar-refractivity contribution in [1.29, 1.82) is 0 Å². The van der Waals surface area contributed by atoms with Gasteiger partial charge in [-0.2, -0.15) is 0 Å². The van der Waals surface area contributed by atoms with Gasteiger partial charge in [-0.05, 0) is 152 Å². The third kappa shape index (κ3) is 11.9. The average Bonchev–Trinajstić information content (AvgIpc) is 0.694. The third-order valence-corrected chi connectivity index (χ3v) is 29.7. The van der Waals surface area contributed by atoms with Crippen molar-refractivity contribution in [2.45, 2.75) is 202 Å².